The van der Waals surface area contributed by atoms with E-state index < -0.39 is 6.04 Å². The third kappa shape index (κ3) is 4.40. The first kappa shape index (κ1) is 14.1. The molecular formula is C11H16N2O2S2. The average molecular weight is 272 g/mol. The van der Waals surface area contributed by atoms with Crippen LogP contribution in [0.5, 0.6) is 0 Å². The van der Waals surface area contributed by atoms with Crippen LogP contribution >= 0.6 is 24.0 Å². The van der Waals surface area contributed by atoms with Crippen LogP contribution in [0.4, 0.5) is 0 Å². The van der Waals surface area contributed by atoms with Crippen molar-refractivity contribution in [2.24, 2.45) is 0 Å². The number of carbonyl (C=O) groups excluding carboxylic acids is 2. The van der Waals surface area contributed by atoms with Crippen molar-refractivity contribution in [1.82, 2.24) is 10.6 Å². The molecule has 1 aromatic rings. The summed E-state index contributed by atoms with van der Waals surface area (Å²) in [5.41, 5.74) is 1.06. The van der Waals surface area contributed by atoms with Gasteiger partial charge in [-0.15, -0.1) is 0 Å². The molecule has 1 aromatic heterocycles. The summed E-state index contributed by atoms with van der Waals surface area (Å²) in [6, 6.07) is 1.31. The van der Waals surface area contributed by atoms with Crippen molar-refractivity contribution in [1.29, 1.82) is 0 Å². The van der Waals surface area contributed by atoms with Gasteiger partial charge >= 0.3 is 0 Å². The Morgan fingerprint density at radius 1 is 1.47 bits per heavy atom. The second-order valence-electron chi connectivity index (χ2n) is 3.72. The van der Waals surface area contributed by atoms with Crippen LogP contribution < -0.4 is 10.6 Å². The Morgan fingerprint density at radius 3 is 2.65 bits per heavy atom. The normalized spacial score (nSPS) is 13.8. The first-order chi connectivity index (χ1) is 8.04. The van der Waals surface area contributed by atoms with Gasteiger partial charge in [0.1, 0.15) is 6.04 Å². The van der Waals surface area contributed by atoms with E-state index in [9.17, 15) is 9.59 Å². The third-order valence-corrected chi connectivity index (χ3v) is 3.35. The number of nitrogens with one attached hydrogen (secondary N) is 2. The Balaban J connectivity index is 2.55. The Bertz CT molecular complexity index is 379. The maximum absolute atomic E-state index is 11.8. The minimum atomic E-state index is -0.586. The second kappa shape index (κ2) is 6.66. The number of hydrogen-bond donors (Lipinski definition) is 3. The lowest BCUT2D eigenvalue weighted by molar-refractivity contribution is -0.127. The lowest BCUT2D eigenvalue weighted by Gasteiger charge is -2.19. The highest BCUT2D eigenvalue weighted by Crippen LogP contribution is 2.15. The predicted octanol–water partition coefficient (Wildman–Crippen LogP) is 1.36. The molecule has 0 saturated carbocycles. The van der Waals surface area contributed by atoms with Gasteiger partial charge in [0.15, 0.2) is 0 Å². The van der Waals surface area contributed by atoms with Gasteiger partial charge in [-0.05, 0) is 29.3 Å². The standard InChI is InChI=1S/C11H16N2O2S2/c1-7(9-3-4-17-6-9)12-11(15)10(5-16)13-8(2)14/h3-4,6-7,10,16H,5H2,1-2H3,(H,12,15)(H,13,14). The van der Waals surface area contributed by atoms with Crippen LogP contribution in [0.15, 0.2) is 16.8 Å². The van der Waals surface area contributed by atoms with E-state index in [4.69, 9.17) is 0 Å². The molecule has 0 fully saturated rings. The molecule has 1 heterocycles. The number of carbonyl (C=O) groups is 2. The molecule has 0 aromatic carbocycles. The molecule has 2 amide bonds. The van der Waals surface area contributed by atoms with Crippen molar-refractivity contribution in [2.75, 3.05) is 5.75 Å². The van der Waals surface area contributed by atoms with E-state index in [1.807, 2.05) is 23.8 Å². The van der Waals surface area contributed by atoms with Crippen molar-refractivity contribution in [3.8, 4) is 0 Å². The van der Waals surface area contributed by atoms with Gasteiger partial charge in [0.2, 0.25) is 11.8 Å². The van der Waals surface area contributed by atoms with Gasteiger partial charge < -0.3 is 10.6 Å². The lowest BCUT2D eigenvalue weighted by atomic mass is 10.1. The quantitative estimate of drug-likeness (QED) is 0.709. The SMILES string of the molecule is CC(=O)NC(CS)C(=O)NC(C)c1ccsc1. The smallest absolute Gasteiger partial charge is 0.243 e. The molecule has 1 rings (SSSR count). The lowest BCUT2D eigenvalue weighted by Crippen LogP contribution is -2.47. The van der Waals surface area contributed by atoms with E-state index in [0.29, 0.717) is 0 Å². The molecule has 0 radical (unpaired) electrons. The van der Waals surface area contributed by atoms with Crippen LogP contribution in [-0.4, -0.2) is 23.6 Å². The van der Waals surface area contributed by atoms with E-state index in [1.54, 1.807) is 11.3 Å². The second-order valence-corrected chi connectivity index (χ2v) is 4.87. The summed E-state index contributed by atoms with van der Waals surface area (Å²) >= 11 is 5.64. The monoisotopic (exact) mass is 272 g/mol. The summed E-state index contributed by atoms with van der Waals surface area (Å²) in [6.07, 6.45) is 0. The van der Waals surface area contributed by atoms with E-state index in [0.717, 1.165) is 5.56 Å². The fourth-order valence-electron chi connectivity index (χ4n) is 1.36. The molecule has 2 N–H and O–H groups in total. The molecule has 17 heavy (non-hydrogen) atoms. The highest BCUT2D eigenvalue weighted by molar-refractivity contribution is 7.80. The zero-order chi connectivity index (χ0) is 12.8. The average Bonchev–Trinajstić information content (AvgIpc) is 2.78. The first-order valence-corrected chi connectivity index (χ1v) is 6.82. The number of amides is 2. The van der Waals surface area contributed by atoms with Crippen LogP contribution in [0.2, 0.25) is 0 Å². The molecule has 6 heteroatoms. The van der Waals surface area contributed by atoms with Gasteiger partial charge in [-0.25, -0.2) is 0 Å². The van der Waals surface area contributed by atoms with Gasteiger partial charge in [-0.2, -0.15) is 24.0 Å². The topological polar surface area (TPSA) is 58.2 Å². The molecule has 4 nitrogen and oxygen atoms in total. The fourth-order valence-corrected chi connectivity index (χ4v) is 2.37. The van der Waals surface area contributed by atoms with Crippen LogP contribution in [0.1, 0.15) is 25.5 Å². The molecule has 2 unspecified atom stereocenters. The predicted molar refractivity (Wildman–Crippen MR) is 72.3 cm³/mol. The van der Waals surface area contributed by atoms with Crippen molar-refractivity contribution < 1.29 is 9.59 Å². The molecule has 0 spiro atoms. The maximum atomic E-state index is 11.8. The van der Waals surface area contributed by atoms with Gasteiger partial charge in [-0.1, -0.05) is 0 Å². The Kier molecular flexibility index (Phi) is 5.50. The summed E-state index contributed by atoms with van der Waals surface area (Å²) in [5.74, 6) is -0.168. The van der Waals surface area contributed by atoms with Gasteiger partial charge in [0.05, 0.1) is 6.04 Å². The zero-order valence-corrected chi connectivity index (χ0v) is 11.5. The number of thiol groups is 1. The summed E-state index contributed by atoms with van der Waals surface area (Å²) in [7, 11) is 0. The molecule has 0 aliphatic rings. The Morgan fingerprint density at radius 2 is 2.18 bits per heavy atom. The van der Waals surface area contributed by atoms with Crippen molar-refractivity contribution in [3.05, 3.63) is 22.4 Å². The molecule has 0 saturated heterocycles. The van der Waals surface area contributed by atoms with E-state index in [-0.39, 0.29) is 23.6 Å². The molecule has 2 atom stereocenters. The van der Waals surface area contributed by atoms with Crippen LogP contribution in [-0.2, 0) is 9.59 Å². The minimum absolute atomic E-state index is 0.0649. The van der Waals surface area contributed by atoms with Crippen molar-refractivity contribution in [2.45, 2.75) is 25.9 Å². The maximum Gasteiger partial charge on any atom is 0.243 e. The number of thiophene rings is 1. The minimum Gasteiger partial charge on any atom is -0.348 e. The van der Waals surface area contributed by atoms with Crippen LogP contribution in [0, 0.1) is 0 Å². The van der Waals surface area contributed by atoms with Crippen LogP contribution in [0.3, 0.4) is 0 Å². The van der Waals surface area contributed by atoms with Crippen molar-refractivity contribution in [3.63, 3.8) is 0 Å². The Labute approximate surface area is 110 Å². The van der Waals surface area contributed by atoms with Gasteiger partial charge in [0, 0.05) is 12.7 Å². The molecule has 0 aliphatic heterocycles. The third-order valence-electron chi connectivity index (χ3n) is 2.28. The van der Waals surface area contributed by atoms with E-state index in [2.05, 4.69) is 23.3 Å². The first-order valence-electron chi connectivity index (χ1n) is 5.25. The zero-order valence-electron chi connectivity index (χ0n) is 9.77. The number of hydrogen-bond acceptors (Lipinski definition) is 4. The molecule has 0 aliphatic carbocycles. The summed E-state index contributed by atoms with van der Waals surface area (Å²) < 4.78 is 0. The van der Waals surface area contributed by atoms with Gasteiger partial charge in [-0.3, -0.25) is 9.59 Å². The molecule has 94 valence electrons. The summed E-state index contributed by atoms with van der Waals surface area (Å²) in [6.45, 7) is 3.29. The largest absolute Gasteiger partial charge is 0.348 e. The summed E-state index contributed by atoms with van der Waals surface area (Å²) in [4.78, 5) is 22.8. The van der Waals surface area contributed by atoms with E-state index >= 15 is 0 Å². The highest BCUT2D eigenvalue weighted by atomic mass is 32.1. The molecular weight excluding hydrogens is 256 g/mol. The highest BCUT2D eigenvalue weighted by Gasteiger charge is 2.19. The van der Waals surface area contributed by atoms with Crippen LogP contribution in [0.25, 0.3) is 0 Å². The Hall–Kier alpha value is -1.01. The van der Waals surface area contributed by atoms with Crippen molar-refractivity contribution >= 4 is 35.8 Å². The molecule has 0 bridgehead atoms. The fraction of sp³-hybridized carbons (Fsp3) is 0.455. The summed E-state index contributed by atoms with van der Waals surface area (Å²) in [5, 5.41) is 9.34. The number of rotatable bonds is 5. The van der Waals surface area contributed by atoms with E-state index in [1.165, 1.54) is 6.92 Å². The van der Waals surface area contributed by atoms with Gasteiger partial charge in [0.25, 0.3) is 0 Å².